The van der Waals surface area contributed by atoms with Gasteiger partial charge in [-0.2, -0.15) is 5.10 Å². The van der Waals surface area contributed by atoms with Crippen LogP contribution in [-0.4, -0.2) is 70.4 Å². The predicted octanol–water partition coefficient (Wildman–Crippen LogP) is 3.75. The second kappa shape index (κ2) is 11.3. The summed E-state index contributed by atoms with van der Waals surface area (Å²) in [6.07, 6.45) is 0.935. The van der Waals surface area contributed by atoms with Gasteiger partial charge in [-0.25, -0.2) is 0 Å². The molecular weight excluding hydrogens is 450 g/mol. The van der Waals surface area contributed by atoms with Gasteiger partial charge in [-0.15, -0.1) is 0 Å². The largest absolute Gasteiger partial charge is 0.497 e. The van der Waals surface area contributed by atoms with Crippen LogP contribution in [0.25, 0.3) is 11.4 Å². The molecule has 0 bridgehead atoms. The summed E-state index contributed by atoms with van der Waals surface area (Å²) in [5, 5.41) is 7.20. The molecule has 34 heavy (non-hydrogen) atoms. The first-order valence-electron chi connectivity index (χ1n) is 11.6. The molecule has 4 rings (SSSR count). The van der Waals surface area contributed by atoms with Crippen LogP contribution in [0, 0.1) is 4.77 Å². The van der Waals surface area contributed by atoms with Crippen molar-refractivity contribution in [3.8, 4) is 22.9 Å². The molecule has 9 heteroatoms. The van der Waals surface area contributed by atoms with Crippen LogP contribution in [0.5, 0.6) is 11.5 Å². The maximum Gasteiger partial charge on any atom is 0.242 e. The maximum atomic E-state index is 13.2. The number of carbonyl (C=O) groups is 1. The number of aromatic nitrogens is 3. The minimum absolute atomic E-state index is 0.0518. The zero-order valence-electron chi connectivity index (χ0n) is 19.7. The van der Waals surface area contributed by atoms with E-state index in [0.29, 0.717) is 23.7 Å². The topological polar surface area (TPSA) is 75.6 Å². The highest BCUT2D eigenvalue weighted by Crippen LogP contribution is 2.21. The van der Waals surface area contributed by atoms with E-state index >= 15 is 0 Å². The van der Waals surface area contributed by atoms with Gasteiger partial charge in [0, 0.05) is 38.3 Å². The monoisotopic (exact) mass is 481 g/mol. The molecule has 3 aromatic rings. The lowest BCUT2D eigenvalue weighted by Crippen LogP contribution is -2.37. The van der Waals surface area contributed by atoms with Crippen LogP contribution in [0.3, 0.4) is 0 Å². The fraction of sp³-hybridized carbons (Fsp3) is 0.400. The number of amides is 1. The Morgan fingerprint density at radius 1 is 1.03 bits per heavy atom. The molecule has 1 aliphatic rings. The Hall–Kier alpha value is -3.17. The molecule has 1 N–H and O–H groups in total. The van der Waals surface area contributed by atoms with Crippen LogP contribution in [0.1, 0.15) is 18.9 Å². The molecule has 0 spiro atoms. The molecule has 0 unspecified atom stereocenters. The summed E-state index contributed by atoms with van der Waals surface area (Å²) in [6.45, 7) is 6.81. The summed E-state index contributed by atoms with van der Waals surface area (Å²) >= 11 is 5.43. The highest BCUT2D eigenvalue weighted by Gasteiger charge is 2.21. The first kappa shape index (κ1) is 24.0. The third kappa shape index (κ3) is 5.84. The van der Waals surface area contributed by atoms with Crippen molar-refractivity contribution >= 4 is 18.1 Å². The quantitative estimate of drug-likeness (QED) is 0.494. The Morgan fingerprint density at radius 2 is 1.76 bits per heavy atom. The fourth-order valence-corrected chi connectivity index (χ4v) is 4.35. The summed E-state index contributed by atoms with van der Waals surface area (Å²) < 4.78 is 13.0. The molecule has 0 saturated carbocycles. The Labute approximate surface area is 205 Å². The van der Waals surface area contributed by atoms with E-state index < -0.39 is 0 Å². The van der Waals surface area contributed by atoms with E-state index in [4.69, 9.17) is 21.7 Å². The highest BCUT2D eigenvalue weighted by molar-refractivity contribution is 7.71. The van der Waals surface area contributed by atoms with Crippen molar-refractivity contribution in [1.29, 1.82) is 0 Å². The second-order valence-electron chi connectivity index (χ2n) is 8.25. The molecule has 1 amide bonds. The van der Waals surface area contributed by atoms with Gasteiger partial charge in [-0.1, -0.05) is 12.1 Å². The molecule has 1 aromatic heterocycles. The number of hydrogen-bond donors (Lipinski definition) is 1. The molecule has 2 heterocycles. The fourth-order valence-electron chi connectivity index (χ4n) is 4.15. The van der Waals surface area contributed by atoms with Crippen LogP contribution in [0.2, 0.25) is 0 Å². The molecular formula is C25H31N5O3S. The normalized spacial score (nSPS) is 14.6. The Morgan fingerprint density at radius 3 is 2.47 bits per heavy atom. The first-order chi connectivity index (χ1) is 16.6. The summed E-state index contributed by atoms with van der Waals surface area (Å²) in [4.78, 5) is 17.5. The predicted molar refractivity (Wildman–Crippen MR) is 133 cm³/mol. The number of ether oxygens (including phenoxy) is 2. The van der Waals surface area contributed by atoms with Gasteiger partial charge >= 0.3 is 0 Å². The van der Waals surface area contributed by atoms with E-state index in [1.54, 1.807) is 11.7 Å². The molecule has 2 aromatic carbocycles. The lowest BCUT2D eigenvalue weighted by molar-refractivity contribution is -0.131. The van der Waals surface area contributed by atoms with Crippen LogP contribution < -0.4 is 9.47 Å². The summed E-state index contributed by atoms with van der Waals surface area (Å²) in [5.74, 6) is 2.36. The average Bonchev–Trinajstić information content (AvgIpc) is 3.05. The number of nitrogens with zero attached hydrogens (tertiary/aromatic N) is 4. The highest BCUT2D eigenvalue weighted by atomic mass is 32.1. The van der Waals surface area contributed by atoms with E-state index in [1.165, 1.54) is 5.56 Å². The standard InChI is InChI=1S/C25H31N5O3S/c1-3-33-22-11-7-20(8-12-22)24-26-27-25(34)30(24)18-23(31)29-14-4-13-28(15-16-29)17-19-5-9-21(32-2)10-6-19/h5-12H,3-4,13-18H2,1-2H3,(H,27,34). The van der Waals surface area contributed by atoms with E-state index in [2.05, 4.69) is 27.2 Å². The Balaban J connectivity index is 1.38. The third-order valence-electron chi connectivity index (χ3n) is 5.98. The van der Waals surface area contributed by atoms with Crippen molar-refractivity contribution in [2.24, 2.45) is 0 Å². The lowest BCUT2D eigenvalue weighted by atomic mass is 10.2. The SMILES string of the molecule is CCOc1ccc(-c2n[nH]c(=S)n2CC(=O)N2CCCN(Cc3ccc(OC)cc3)CC2)cc1. The van der Waals surface area contributed by atoms with Crippen molar-refractivity contribution in [2.75, 3.05) is 39.9 Å². The van der Waals surface area contributed by atoms with E-state index in [-0.39, 0.29) is 12.5 Å². The summed E-state index contributed by atoms with van der Waals surface area (Å²) in [5.41, 5.74) is 2.12. The van der Waals surface area contributed by atoms with Crippen LogP contribution in [0.4, 0.5) is 0 Å². The number of hydrogen-bond acceptors (Lipinski definition) is 6. The van der Waals surface area contributed by atoms with E-state index in [9.17, 15) is 4.79 Å². The van der Waals surface area contributed by atoms with Crippen molar-refractivity contribution in [3.63, 3.8) is 0 Å². The maximum absolute atomic E-state index is 13.2. The molecule has 0 radical (unpaired) electrons. The van der Waals surface area contributed by atoms with E-state index in [1.807, 2.05) is 48.2 Å². The van der Waals surface area contributed by atoms with Crippen LogP contribution >= 0.6 is 12.2 Å². The molecule has 1 aliphatic heterocycles. The number of benzene rings is 2. The van der Waals surface area contributed by atoms with Crippen molar-refractivity contribution in [2.45, 2.75) is 26.4 Å². The average molecular weight is 482 g/mol. The molecule has 8 nitrogen and oxygen atoms in total. The van der Waals surface area contributed by atoms with Gasteiger partial charge in [0.1, 0.15) is 18.0 Å². The van der Waals surface area contributed by atoms with Gasteiger partial charge in [-0.05, 0) is 67.5 Å². The minimum Gasteiger partial charge on any atom is -0.497 e. The van der Waals surface area contributed by atoms with Gasteiger partial charge in [0.05, 0.1) is 13.7 Å². The molecule has 1 saturated heterocycles. The van der Waals surface area contributed by atoms with Gasteiger partial charge in [0.2, 0.25) is 5.91 Å². The number of H-pyrrole nitrogens is 1. The van der Waals surface area contributed by atoms with Crippen LogP contribution in [-0.2, 0) is 17.9 Å². The van der Waals surface area contributed by atoms with Gasteiger partial charge in [0.25, 0.3) is 0 Å². The Kier molecular flexibility index (Phi) is 7.97. The van der Waals surface area contributed by atoms with Gasteiger partial charge in [-0.3, -0.25) is 19.4 Å². The summed E-state index contributed by atoms with van der Waals surface area (Å²) in [6, 6.07) is 15.8. The zero-order chi connectivity index (χ0) is 23.9. The number of methoxy groups -OCH3 is 1. The smallest absolute Gasteiger partial charge is 0.242 e. The van der Waals surface area contributed by atoms with Crippen LogP contribution in [0.15, 0.2) is 48.5 Å². The third-order valence-corrected chi connectivity index (χ3v) is 6.29. The summed E-state index contributed by atoms with van der Waals surface area (Å²) in [7, 11) is 1.67. The van der Waals surface area contributed by atoms with E-state index in [0.717, 1.165) is 49.7 Å². The number of carbonyl (C=O) groups excluding carboxylic acids is 1. The van der Waals surface area contributed by atoms with Crippen molar-refractivity contribution in [3.05, 3.63) is 58.9 Å². The molecule has 0 atom stereocenters. The Bertz CT molecular complexity index is 1140. The van der Waals surface area contributed by atoms with Gasteiger partial charge < -0.3 is 14.4 Å². The number of aromatic amines is 1. The van der Waals surface area contributed by atoms with Crippen molar-refractivity contribution in [1.82, 2.24) is 24.6 Å². The zero-order valence-corrected chi connectivity index (χ0v) is 20.5. The second-order valence-corrected chi connectivity index (χ2v) is 8.64. The first-order valence-corrected chi connectivity index (χ1v) is 12.0. The lowest BCUT2D eigenvalue weighted by Gasteiger charge is -2.22. The van der Waals surface area contributed by atoms with Gasteiger partial charge in [0.15, 0.2) is 10.6 Å². The molecule has 180 valence electrons. The number of nitrogens with one attached hydrogen (secondary N) is 1. The molecule has 0 aliphatic carbocycles. The minimum atomic E-state index is 0.0518. The van der Waals surface area contributed by atoms with Crippen molar-refractivity contribution < 1.29 is 14.3 Å². The number of rotatable bonds is 8. The molecule has 1 fully saturated rings.